The van der Waals surface area contributed by atoms with E-state index < -0.39 is 16.9 Å². The molecular formula is C31H30ClFN4O3. The molecule has 7 nitrogen and oxygen atoms in total. The molecule has 0 unspecified atom stereocenters. The molecule has 0 bridgehead atoms. The Morgan fingerprint density at radius 1 is 1.10 bits per heavy atom. The van der Waals surface area contributed by atoms with Crippen molar-refractivity contribution < 1.29 is 9.18 Å². The standard InChI is InChI=1S/C31H30ClFN4O3/c1-5-28(38)35-14-19(15-35)16-36-26-13-24(32)22(23-11-20(34)9-10-25(23)33)12-27(26)37(31(40)30(36)39)29-18(4)7-6-8-21(29)17(2)3/h5-13,17,19H,1,14-16,34H2,2-4H3. The van der Waals surface area contributed by atoms with Gasteiger partial charge in [-0.25, -0.2) is 4.39 Å². The van der Waals surface area contributed by atoms with Gasteiger partial charge in [-0.2, -0.15) is 0 Å². The minimum Gasteiger partial charge on any atom is -0.399 e. The van der Waals surface area contributed by atoms with Gasteiger partial charge in [-0.1, -0.05) is 50.2 Å². The van der Waals surface area contributed by atoms with Crippen LogP contribution in [0.15, 0.2) is 70.8 Å². The maximum Gasteiger partial charge on any atom is 0.321 e. The summed E-state index contributed by atoms with van der Waals surface area (Å²) < 4.78 is 17.8. The number of hydrogen-bond donors (Lipinski definition) is 1. The van der Waals surface area contributed by atoms with Crippen LogP contribution >= 0.6 is 11.6 Å². The average molecular weight is 561 g/mol. The van der Waals surface area contributed by atoms with Crippen LogP contribution in [0.4, 0.5) is 10.1 Å². The fourth-order valence-electron chi connectivity index (χ4n) is 5.44. The Hall–Kier alpha value is -4.17. The number of anilines is 1. The maximum atomic E-state index is 15.0. The predicted molar refractivity (Wildman–Crippen MR) is 158 cm³/mol. The lowest BCUT2D eigenvalue weighted by atomic mass is 9.97. The SMILES string of the molecule is C=CC(=O)N1CC(Cn2c(=O)c(=O)n(-c3c(C)cccc3C(C)C)c3cc(-c4cc(N)ccc4F)c(Cl)cc32)C1. The fourth-order valence-corrected chi connectivity index (χ4v) is 5.70. The Balaban J connectivity index is 1.82. The molecule has 1 aliphatic rings. The van der Waals surface area contributed by atoms with Crippen molar-refractivity contribution in [2.45, 2.75) is 33.2 Å². The van der Waals surface area contributed by atoms with E-state index in [0.717, 1.165) is 11.1 Å². The van der Waals surface area contributed by atoms with Crippen molar-refractivity contribution in [3.8, 4) is 16.8 Å². The third-order valence-corrected chi connectivity index (χ3v) is 7.82. The summed E-state index contributed by atoms with van der Waals surface area (Å²) in [4.78, 5) is 41.2. The van der Waals surface area contributed by atoms with E-state index in [-0.39, 0.29) is 34.9 Å². The maximum absolute atomic E-state index is 15.0. The van der Waals surface area contributed by atoms with Crippen molar-refractivity contribution in [3.63, 3.8) is 0 Å². The van der Waals surface area contributed by atoms with Crippen molar-refractivity contribution in [2.24, 2.45) is 5.92 Å². The van der Waals surface area contributed by atoms with Crippen LogP contribution in [0, 0.1) is 18.7 Å². The van der Waals surface area contributed by atoms with Crippen LogP contribution in [-0.2, 0) is 11.3 Å². The number of para-hydroxylation sites is 1. The molecule has 0 radical (unpaired) electrons. The normalized spacial score (nSPS) is 13.6. The number of rotatable bonds is 6. The first kappa shape index (κ1) is 27.4. The molecule has 206 valence electrons. The number of likely N-dealkylation sites (tertiary alicyclic amines) is 1. The van der Waals surface area contributed by atoms with Gasteiger partial charge in [0.25, 0.3) is 0 Å². The van der Waals surface area contributed by atoms with Crippen molar-refractivity contribution in [2.75, 3.05) is 18.8 Å². The van der Waals surface area contributed by atoms with Crippen LogP contribution in [0.1, 0.15) is 30.9 Å². The van der Waals surface area contributed by atoms with Gasteiger partial charge in [-0.05, 0) is 60.4 Å². The van der Waals surface area contributed by atoms with Gasteiger partial charge in [0.2, 0.25) is 5.91 Å². The Bertz CT molecular complexity index is 1800. The van der Waals surface area contributed by atoms with Gasteiger partial charge in [-0.3, -0.25) is 19.0 Å². The number of nitrogens with two attached hydrogens (primary N) is 1. The van der Waals surface area contributed by atoms with Crippen LogP contribution in [0.2, 0.25) is 5.02 Å². The number of benzene rings is 3. The third kappa shape index (κ3) is 4.62. The van der Waals surface area contributed by atoms with Crippen molar-refractivity contribution in [1.29, 1.82) is 0 Å². The number of halogens is 2. The van der Waals surface area contributed by atoms with Crippen LogP contribution in [0.3, 0.4) is 0 Å². The molecule has 40 heavy (non-hydrogen) atoms. The Morgan fingerprint density at radius 2 is 1.82 bits per heavy atom. The summed E-state index contributed by atoms with van der Waals surface area (Å²) in [5, 5.41) is 0.210. The number of carbonyl (C=O) groups excluding carboxylic acids is 1. The lowest BCUT2D eigenvalue weighted by Gasteiger charge is -2.39. The molecule has 5 rings (SSSR count). The monoisotopic (exact) mass is 560 g/mol. The number of carbonyl (C=O) groups is 1. The van der Waals surface area contributed by atoms with E-state index in [0.29, 0.717) is 41.1 Å². The van der Waals surface area contributed by atoms with E-state index in [4.69, 9.17) is 17.3 Å². The minimum absolute atomic E-state index is 0.0328. The van der Waals surface area contributed by atoms with Gasteiger partial charge in [0.1, 0.15) is 5.82 Å². The van der Waals surface area contributed by atoms with Gasteiger partial charge in [0, 0.05) is 42.4 Å². The van der Waals surface area contributed by atoms with E-state index in [9.17, 15) is 18.8 Å². The molecule has 0 spiro atoms. The van der Waals surface area contributed by atoms with Gasteiger partial charge in [0.05, 0.1) is 21.7 Å². The molecule has 3 aromatic carbocycles. The number of nitrogens with zero attached hydrogens (tertiary/aromatic N) is 3. The molecule has 4 aromatic rings. The topological polar surface area (TPSA) is 90.3 Å². The summed E-state index contributed by atoms with van der Waals surface area (Å²) in [7, 11) is 0. The number of amides is 1. The Morgan fingerprint density at radius 3 is 2.50 bits per heavy atom. The molecule has 0 saturated carbocycles. The molecule has 1 amide bonds. The highest BCUT2D eigenvalue weighted by Gasteiger charge is 2.31. The zero-order valence-corrected chi connectivity index (χ0v) is 23.3. The smallest absolute Gasteiger partial charge is 0.321 e. The zero-order valence-electron chi connectivity index (χ0n) is 22.6. The highest BCUT2D eigenvalue weighted by molar-refractivity contribution is 6.34. The largest absolute Gasteiger partial charge is 0.399 e. The zero-order chi connectivity index (χ0) is 28.9. The van der Waals surface area contributed by atoms with Crippen molar-refractivity contribution >= 4 is 34.2 Å². The molecule has 1 aromatic heterocycles. The second-order valence-electron chi connectivity index (χ2n) is 10.6. The van der Waals surface area contributed by atoms with Crippen molar-refractivity contribution in [1.82, 2.24) is 14.0 Å². The fraction of sp³-hybridized carbons (Fsp3) is 0.258. The van der Waals surface area contributed by atoms with E-state index in [2.05, 4.69) is 6.58 Å². The lowest BCUT2D eigenvalue weighted by molar-refractivity contribution is -0.132. The molecule has 0 aliphatic carbocycles. The summed E-state index contributed by atoms with van der Waals surface area (Å²) in [6.45, 7) is 10.5. The second kappa shape index (κ2) is 10.4. The number of aryl methyl sites for hydroxylation is 1. The van der Waals surface area contributed by atoms with Crippen LogP contribution in [0.5, 0.6) is 0 Å². The highest BCUT2D eigenvalue weighted by atomic mass is 35.5. The average Bonchev–Trinajstić information content (AvgIpc) is 2.89. The first-order valence-corrected chi connectivity index (χ1v) is 13.4. The Kier molecular flexibility index (Phi) is 7.14. The minimum atomic E-state index is -0.719. The molecule has 2 heterocycles. The lowest BCUT2D eigenvalue weighted by Crippen LogP contribution is -2.52. The van der Waals surface area contributed by atoms with E-state index >= 15 is 0 Å². The molecule has 2 N–H and O–H groups in total. The van der Waals surface area contributed by atoms with Gasteiger partial charge in [-0.15, -0.1) is 0 Å². The van der Waals surface area contributed by atoms with Gasteiger partial charge >= 0.3 is 11.1 Å². The van der Waals surface area contributed by atoms with Crippen LogP contribution in [0.25, 0.3) is 27.8 Å². The Labute approximate surface area is 235 Å². The molecule has 1 aliphatic heterocycles. The summed E-state index contributed by atoms with van der Waals surface area (Å²) >= 11 is 6.73. The summed E-state index contributed by atoms with van der Waals surface area (Å²) in [6.07, 6.45) is 1.25. The van der Waals surface area contributed by atoms with Crippen LogP contribution < -0.4 is 16.9 Å². The van der Waals surface area contributed by atoms with Gasteiger partial charge < -0.3 is 15.2 Å². The van der Waals surface area contributed by atoms with E-state index in [1.807, 2.05) is 39.0 Å². The molecule has 9 heteroatoms. The molecule has 1 fully saturated rings. The number of nitrogen functional groups attached to an aromatic ring is 1. The molecule has 0 atom stereocenters. The van der Waals surface area contributed by atoms with Gasteiger partial charge in [0.15, 0.2) is 0 Å². The number of aromatic nitrogens is 2. The molecule has 1 saturated heterocycles. The first-order chi connectivity index (χ1) is 19.0. The van der Waals surface area contributed by atoms with Crippen LogP contribution in [-0.4, -0.2) is 33.0 Å². The predicted octanol–water partition coefficient (Wildman–Crippen LogP) is 5.27. The molecular weight excluding hydrogens is 531 g/mol. The van der Waals surface area contributed by atoms with E-state index in [1.165, 1.54) is 33.4 Å². The summed E-state index contributed by atoms with van der Waals surface area (Å²) in [5.74, 6) is -0.672. The second-order valence-corrected chi connectivity index (χ2v) is 11.0. The highest BCUT2D eigenvalue weighted by Crippen LogP contribution is 2.36. The third-order valence-electron chi connectivity index (χ3n) is 7.51. The summed E-state index contributed by atoms with van der Waals surface area (Å²) in [5.41, 5.74) is 8.63. The summed E-state index contributed by atoms with van der Waals surface area (Å²) in [6, 6.07) is 13.2. The number of hydrogen-bond acceptors (Lipinski definition) is 4. The quantitative estimate of drug-likeness (QED) is 0.198. The number of fused-ring (bicyclic) bond motifs is 1. The van der Waals surface area contributed by atoms with E-state index in [1.54, 1.807) is 17.0 Å². The first-order valence-electron chi connectivity index (χ1n) is 13.1. The van der Waals surface area contributed by atoms with Crippen molar-refractivity contribution in [3.05, 3.63) is 104 Å².